The normalized spacial score (nSPS) is 8.87. The lowest BCUT2D eigenvalue weighted by atomic mass is 10.3. The molecule has 78 valence electrons. The van der Waals surface area contributed by atoms with E-state index in [-0.39, 0.29) is 0 Å². The second kappa shape index (κ2) is 5.51. The second-order valence-corrected chi connectivity index (χ2v) is 2.59. The Hall–Kier alpha value is -2.20. The molecule has 0 bridgehead atoms. The van der Waals surface area contributed by atoms with Gasteiger partial charge in [-0.15, -0.1) is 0 Å². The average molecular weight is 206 g/mol. The number of carbonyl (C=O) groups excluding carboxylic acids is 1. The van der Waals surface area contributed by atoms with Crippen molar-refractivity contribution in [2.24, 2.45) is 5.11 Å². The number of nitrogens with zero attached hydrogens (tertiary/aromatic N) is 3. The molecule has 6 heteroatoms. The molecule has 1 amide bonds. The number of hydrogen-bond acceptors (Lipinski definition) is 3. The van der Waals surface area contributed by atoms with E-state index in [1.807, 2.05) is 0 Å². The number of anilines is 1. The van der Waals surface area contributed by atoms with Gasteiger partial charge in [-0.25, -0.2) is 4.79 Å². The number of ether oxygens (including phenoxy) is 1. The molecule has 0 radical (unpaired) electrons. The van der Waals surface area contributed by atoms with Gasteiger partial charge in [-0.05, 0) is 24.6 Å². The number of benzene rings is 1. The Balaban J connectivity index is 2.73. The highest BCUT2D eigenvalue weighted by atomic mass is 16.5. The number of nitrogens with one attached hydrogen (secondary N) is 1. The van der Waals surface area contributed by atoms with Crippen LogP contribution in [0, 0.1) is 0 Å². The van der Waals surface area contributed by atoms with Crippen molar-refractivity contribution in [1.29, 1.82) is 0 Å². The molecule has 0 aliphatic rings. The molecule has 0 heterocycles. The predicted molar refractivity (Wildman–Crippen MR) is 55.9 cm³/mol. The topological polar surface area (TPSA) is 87.1 Å². The van der Waals surface area contributed by atoms with Crippen molar-refractivity contribution in [1.82, 2.24) is 0 Å². The summed E-state index contributed by atoms with van der Waals surface area (Å²) in [5.41, 5.74) is 9.19. The first-order chi connectivity index (χ1) is 7.26. The molecule has 0 unspecified atom stereocenters. The molecule has 1 N–H and O–H groups in total. The lowest BCUT2D eigenvalue weighted by molar-refractivity contribution is 0.168. The van der Waals surface area contributed by atoms with Crippen molar-refractivity contribution in [3.8, 4) is 0 Å². The van der Waals surface area contributed by atoms with Crippen LogP contribution in [0.5, 0.6) is 0 Å². The highest BCUT2D eigenvalue weighted by molar-refractivity contribution is 5.85. The first-order valence-corrected chi connectivity index (χ1v) is 4.35. The lowest BCUT2D eigenvalue weighted by Crippen LogP contribution is -2.12. The molecule has 0 aliphatic heterocycles. The van der Waals surface area contributed by atoms with Gasteiger partial charge in [0.25, 0.3) is 0 Å². The first kappa shape index (κ1) is 10.9. The Morgan fingerprint density at radius 3 is 3.13 bits per heavy atom. The third-order valence-corrected chi connectivity index (χ3v) is 1.53. The Labute approximate surface area is 86.5 Å². The van der Waals surface area contributed by atoms with Crippen molar-refractivity contribution < 1.29 is 9.53 Å². The van der Waals surface area contributed by atoms with Gasteiger partial charge in [0.05, 0.1) is 6.61 Å². The quantitative estimate of drug-likeness (QED) is 0.467. The van der Waals surface area contributed by atoms with Crippen LogP contribution in [-0.4, -0.2) is 12.7 Å². The van der Waals surface area contributed by atoms with E-state index in [1.165, 1.54) is 0 Å². The van der Waals surface area contributed by atoms with Crippen molar-refractivity contribution in [2.45, 2.75) is 6.92 Å². The Morgan fingerprint density at radius 2 is 2.47 bits per heavy atom. The van der Waals surface area contributed by atoms with E-state index in [4.69, 9.17) is 10.3 Å². The van der Waals surface area contributed by atoms with Gasteiger partial charge in [0.1, 0.15) is 0 Å². The Kier molecular flexibility index (Phi) is 4.00. The molecule has 0 spiro atoms. The van der Waals surface area contributed by atoms with E-state index in [2.05, 4.69) is 15.3 Å². The molecule has 1 aromatic carbocycles. The van der Waals surface area contributed by atoms with Gasteiger partial charge in [-0.2, -0.15) is 0 Å². The van der Waals surface area contributed by atoms with Crippen molar-refractivity contribution >= 4 is 17.5 Å². The highest BCUT2D eigenvalue weighted by Gasteiger charge is 2.01. The summed E-state index contributed by atoms with van der Waals surface area (Å²) in [6.45, 7) is 2.03. The van der Waals surface area contributed by atoms with E-state index in [0.717, 1.165) is 0 Å². The monoisotopic (exact) mass is 206 g/mol. The number of carbonyl (C=O) groups is 1. The SMILES string of the molecule is CCOC(=O)Nc1cccc(N=[N+]=[N-])c1. The minimum absolute atomic E-state index is 0.307. The van der Waals surface area contributed by atoms with Crippen molar-refractivity contribution in [2.75, 3.05) is 11.9 Å². The Bertz CT molecular complexity index is 399. The Morgan fingerprint density at radius 1 is 1.67 bits per heavy atom. The minimum atomic E-state index is -0.532. The van der Waals surface area contributed by atoms with Crippen molar-refractivity contribution in [3.63, 3.8) is 0 Å². The van der Waals surface area contributed by atoms with Gasteiger partial charge < -0.3 is 4.74 Å². The van der Waals surface area contributed by atoms with E-state index in [9.17, 15) is 4.79 Å². The number of amides is 1. The summed E-state index contributed by atoms with van der Waals surface area (Å²) in [7, 11) is 0. The van der Waals surface area contributed by atoms with Crippen LogP contribution >= 0.6 is 0 Å². The highest BCUT2D eigenvalue weighted by Crippen LogP contribution is 2.17. The third kappa shape index (κ3) is 3.58. The second-order valence-electron chi connectivity index (χ2n) is 2.59. The summed E-state index contributed by atoms with van der Waals surface area (Å²) in [4.78, 5) is 13.7. The maximum Gasteiger partial charge on any atom is 0.411 e. The van der Waals surface area contributed by atoms with Gasteiger partial charge in [0, 0.05) is 16.3 Å². The van der Waals surface area contributed by atoms with Crippen molar-refractivity contribution in [3.05, 3.63) is 34.7 Å². The first-order valence-electron chi connectivity index (χ1n) is 4.35. The van der Waals surface area contributed by atoms with Crippen LogP contribution in [0.4, 0.5) is 16.2 Å². The number of azide groups is 1. The molecule has 0 saturated carbocycles. The fraction of sp³-hybridized carbons (Fsp3) is 0.222. The van der Waals surface area contributed by atoms with Crippen LogP contribution in [0.25, 0.3) is 10.4 Å². The van der Waals surface area contributed by atoms with Crippen LogP contribution < -0.4 is 5.32 Å². The van der Waals surface area contributed by atoms with E-state index in [0.29, 0.717) is 18.0 Å². The molecule has 0 aliphatic carbocycles. The van der Waals surface area contributed by atoms with Gasteiger partial charge in [-0.1, -0.05) is 17.2 Å². The number of rotatable bonds is 3. The molecule has 6 nitrogen and oxygen atoms in total. The minimum Gasteiger partial charge on any atom is -0.450 e. The van der Waals surface area contributed by atoms with Gasteiger partial charge >= 0.3 is 6.09 Å². The molecule has 0 aromatic heterocycles. The van der Waals surface area contributed by atoms with E-state index < -0.39 is 6.09 Å². The molecule has 0 atom stereocenters. The van der Waals surface area contributed by atoms with E-state index >= 15 is 0 Å². The molecule has 15 heavy (non-hydrogen) atoms. The maximum atomic E-state index is 11.0. The molecule has 1 rings (SSSR count). The van der Waals surface area contributed by atoms with Crippen LogP contribution in [0.3, 0.4) is 0 Å². The fourth-order valence-corrected chi connectivity index (χ4v) is 0.983. The summed E-state index contributed by atoms with van der Waals surface area (Å²) in [5.74, 6) is 0. The zero-order valence-electron chi connectivity index (χ0n) is 8.17. The largest absolute Gasteiger partial charge is 0.450 e. The zero-order valence-corrected chi connectivity index (χ0v) is 8.17. The molecular weight excluding hydrogens is 196 g/mol. The lowest BCUT2D eigenvalue weighted by Gasteiger charge is -2.04. The van der Waals surface area contributed by atoms with Gasteiger partial charge in [0.15, 0.2) is 0 Å². The molecule has 1 aromatic rings. The average Bonchev–Trinajstić information content (AvgIpc) is 2.19. The summed E-state index contributed by atoms with van der Waals surface area (Å²) < 4.78 is 4.69. The van der Waals surface area contributed by atoms with Crippen LogP contribution in [0.1, 0.15) is 6.92 Å². The summed E-state index contributed by atoms with van der Waals surface area (Å²) in [6, 6.07) is 6.53. The third-order valence-electron chi connectivity index (χ3n) is 1.53. The smallest absolute Gasteiger partial charge is 0.411 e. The fourth-order valence-electron chi connectivity index (χ4n) is 0.983. The molecule has 0 saturated heterocycles. The van der Waals surface area contributed by atoms with Gasteiger partial charge in [0.2, 0.25) is 0 Å². The summed E-state index contributed by atoms with van der Waals surface area (Å²) >= 11 is 0. The zero-order chi connectivity index (χ0) is 11.1. The summed E-state index contributed by atoms with van der Waals surface area (Å²) in [5, 5.41) is 5.91. The molecule has 0 fully saturated rings. The maximum absolute atomic E-state index is 11.0. The van der Waals surface area contributed by atoms with Crippen LogP contribution in [-0.2, 0) is 4.74 Å². The predicted octanol–water partition coefficient (Wildman–Crippen LogP) is 3.20. The summed E-state index contributed by atoms with van der Waals surface area (Å²) in [6.07, 6.45) is -0.532. The van der Waals surface area contributed by atoms with E-state index in [1.54, 1.807) is 31.2 Å². The van der Waals surface area contributed by atoms with Crippen LogP contribution in [0.2, 0.25) is 0 Å². The number of hydrogen-bond donors (Lipinski definition) is 1. The molecular formula is C9H10N4O2. The standard InChI is InChI=1S/C9H10N4O2/c1-2-15-9(14)11-7-4-3-5-8(6-7)12-13-10/h3-6H,2H2,1H3,(H,11,14). The van der Waals surface area contributed by atoms with Crippen LogP contribution in [0.15, 0.2) is 29.4 Å². The van der Waals surface area contributed by atoms with Gasteiger partial charge in [-0.3, -0.25) is 5.32 Å².